The zero-order chi connectivity index (χ0) is 19.4. The van der Waals surface area contributed by atoms with Gasteiger partial charge in [0, 0.05) is 22.0 Å². The van der Waals surface area contributed by atoms with Gasteiger partial charge in [0.15, 0.2) is 5.11 Å². The summed E-state index contributed by atoms with van der Waals surface area (Å²) in [5, 5.41) is 17.3. The molecule has 0 unspecified atom stereocenters. The number of phenols is 1. The molecule has 3 rings (SSSR count). The van der Waals surface area contributed by atoms with E-state index in [-0.39, 0.29) is 22.9 Å². The van der Waals surface area contributed by atoms with Crippen molar-refractivity contribution in [3.05, 3.63) is 66.2 Å². The van der Waals surface area contributed by atoms with Gasteiger partial charge in [-0.3, -0.25) is 10.1 Å². The zero-order valence-corrected chi connectivity index (χ0v) is 15.8. The number of thiocarbonyl (C=S) groups is 1. The van der Waals surface area contributed by atoms with E-state index < -0.39 is 0 Å². The Kier molecular flexibility index (Phi) is 5.57. The van der Waals surface area contributed by atoms with Gasteiger partial charge >= 0.3 is 0 Å². The van der Waals surface area contributed by atoms with E-state index >= 15 is 0 Å². The van der Waals surface area contributed by atoms with Gasteiger partial charge in [-0.25, -0.2) is 0 Å². The fourth-order valence-corrected chi connectivity index (χ4v) is 2.92. The molecule has 0 fully saturated rings. The number of ether oxygens (including phenoxy) is 1. The summed E-state index contributed by atoms with van der Waals surface area (Å²) in [7, 11) is 0. The summed E-state index contributed by atoms with van der Waals surface area (Å²) in [6.07, 6.45) is 0.0221. The first-order chi connectivity index (χ1) is 12.9. The van der Waals surface area contributed by atoms with Crippen LogP contribution in [0, 0.1) is 0 Å². The predicted molar refractivity (Wildman–Crippen MR) is 112 cm³/mol. The molecule has 6 heteroatoms. The number of aromatic hydroxyl groups is 1. The summed E-state index contributed by atoms with van der Waals surface area (Å²) in [6, 6.07) is 17.6. The lowest BCUT2D eigenvalue weighted by Gasteiger charge is -2.13. The molecule has 27 heavy (non-hydrogen) atoms. The zero-order valence-electron chi connectivity index (χ0n) is 15.0. The lowest BCUT2D eigenvalue weighted by molar-refractivity contribution is 0.0977. The summed E-state index contributed by atoms with van der Waals surface area (Å²) in [6.45, 7) is 3.85. The van der Waals surface area contributed by atoms with Crippen LogP contribution in [0.25, 0.3) is 10.8 Å². The van der Waals surface area contributed by atoms with Crippen molar-refractivity contribution in [1.82, 2.24) is 5.32 Å². The number of hydrogen-bond donors (Lipinski definition) is 3. The van der Waals surface area contributed by atoms with Crippen LogP contribution in [0.4, 0.5) is 5.69 Å². The maximum absolute atomic E-state index is 12.5. The smallest absolute Gasteiger partial charge is 0.257 e. The number of rotatable bonds is 4. The molecule has 0 aromatic heterocycles. The maximum Gasteiger partial charge on any atom is 0.257 e. The summed E-state index contributed by atoms with van der Waals surface area (Å²) in [5.74, 6) is 0.485. The summed E-state index contributed by atoms with van der Waals surface area (Å²) >= 11 is 5.27. The third-order valence-corrected chi connectivity index (χ3v) is 4.05. The van der Waals surface area contributed by atoms with Crippen LogP contribution in [0.3, 0.4) is 0 Å². The third-order valence-electron chi connectivity index (χ3n) is 3.84. The Balaban J connectivity index is 1.73. The molecular weight excluding hydrogens is 360 g/mol. The molecule has 0 saturated carbocycles. The van der Waals surface area contributed by atoms with E-state index in [2.05, 4.69) is 10.6 Å². The van der Waals surface area contributed by atoms with Crippen LogP contribution in [0.2, 0.25) is 0 Å². The van der Waals surface area contributed by atoms with Gasteiger partial charge in [0.1, 0.15) is 11.5 Å². The minimum Gasteiger partial charge on any atom is -0.507 e. The van der Waals surface area contributed by atoms with Crippen LogP contribution in [0.1, 0.15) is 24.2 Å². The second kappa shape index (κ2) is 8.05. The van der Waals surface area contributed by atoms with E-state index in [9.17, 15) is 9.90 Å². The molecule has 0 radical (unpaired) electrons. The molecule has 0 saturated heterocycles. The van der Waals surface area contributed by atoms with Gasteiger partial charge in [0.05, 0.1) is 6.10 Å². The molecular formula is C21H20N2O3S. The van der Waals surface area contributed by atoms with Crippen molar-refractivity contribution >= 4 is 39.7 Å². The molecule has 0 aliphatic rings. The minimum atomic E-state index is -0.329. The van der Waals surface area contributed by atoms with Crippen molar-refractivity contribution < 1.29 is 14.6 Å². The van der Waals surface area contributed by atoms with Gasteiger partial charge in [-0.05, 0) is 56.4 Å². The number of anilines is 1. The highest BCUT2D eigenvalue weighted by molar-refractivity contribution is 7.80. The first kappa shape index (κ1) is 18.7. The van der Waals surface area contributed by atoms with E-state index in [4.69, 9.17) is 17.0 Å². The molecule has 1 amide bonds. The predicted octanol–water partition coefficient (Wildman–Crippen LogP) is 4.46. The summed E-state index contributed by atoms with van der Waals surface area (Å²) < 4.78 is 5.61. The maximum atomic E-state index is 12.5. The highest BCUT2D eigenvalue weighted by Crippen LogP contribution is 2.29. The van der Waals surface area contributed by atoms with Crippen LogP contribution in [-0.2, 0) is 0 Å². The van der Waals surface area contributed by atoms with Gasteiger partial charge in [-0.2, -0.15) is 0 Å². The topological polar surface area (TPSA) is 70.6 Å². The lowest BCUT2D eigenvalue weighted by atomic mass is 10.1. The number of phenolic OH excluding ortho intramolecular Hbond substituents is 1. The van der Waals surface area contributed by atoms with Crippen molar-refractivity contribution in [1.29, 1.82) is 0 Å². The first-order valence-corrected chi connectivity index (χ1v) is 8.94. The van der Waals surface area contributed by atoms with Crippen molar-refractivity contribution in [2.24, 2.45) is 0 Å². The van der Waals surface area contributed by atoms with Crippen LogP contribution in [-0.4, -0.2) is 22.2 Å². The quantitative estimate of drug-likeness (QED) is 0.583. The fourth-order valence-electron chi connectivity index (χ4n) is 2.71. The number of hydrogen-bond acceptors (Lipinski definition) is 4. The Morgan fingerprint density at radius 3 is 2.52 bits per heavy atom. The van der Waals surface area contributed by atoms with Crippen LogP contribution >= 0.6 is 12.2 Å². The molecule has 0 bridgehead atoms. The Morgan fingerprint density at radius 1 is 1.04 bits per heavy atom. The van der Waals surface area contributed by atoms with E-state index in [0.29, 0.717) is 22.4 Å². The molecule has 138 valence electrons. The number of amides is 1. The molecule has 3 aromatic rings. The van der Waals surface area contributed by atoms with E-state index in [0.717, 1.165) is 5.39 Å². The van der Waals surface area contributed by atoms with Gasteiger partial charge in [0.2, 0.25) is 0 Å². The largest absolute Gasteiger partial charge is 0.507 e. The number of benzene rings is 3. The average molecular weight is 380 g/mol. The fraction of sp³-hybridized carbons (Fsp3) is 0.143. The van der Waals surface area contributed by atoms with Gasteiger partial charge in [-0.15, -0.1) is 0 Å². The minimum absolute atomic E-state index is 0.0221. The van der Waals surface area contributed by atoms with Crippen LogP contribution in [0.15, 0.2) is 60.7 Å². The molecule has 0 heterocycles. The number of fused-ring (bicyclic) bond motifs is 1. The molecule has 3 N–H and O–H groups in total. The van der Waals surface area contributed by atoms with Crippen molar-refractivity contribution in [2.75, 3.05) is 5.32 Å². The standard InChI is InChI=1S/C21H20N2O3S/c1-13(2)26-15-7-3-6-14(12-15)20(25)23-21(27)22-18-10-4-9-17-16(18)8-5-11-19(17)24/h3-13,24H,1-2H3,(H2,22,23,25,27). The molecule has 5 nitrogen and oxygen atoms in total. The molecule has 0 atom stereocenters. The number of carbonyl (C=O) groups excluding carboxylic acids is 1. The Bertz CT molecular complexity index is 1000. The third kappa shape index (κ3) is 4.54. The molecule has 3 aromatic carbocycles. The van der Waals surface area contributed by atoms with E-state index in [1.54, 1.807) is 36.4 Å². The normalized spacial score (nSPS) is 10.6. The highest BCUT2D eigenvalue weighted by atomic mass is 32.1. The number of nitrogens with one attached hydrogen (secondary N) is 2. The Labute approximate surface area is 163 Å². The summed E-state index contributed by atoms with van der Waals surface area (Å²) in [5.41, 5.74) is 1.15. The molecule has 0 aliphatic heterocycles. The second-order valence-corrected chi connectivity index (χ2v) is 6.69. The molecule has 0 aliphatic carbocycles. The summed E-state index contributed by atoms with van der Waals surface area (Å²) in [4.78, 5) is 12.5. The van der Waals surface area contributed by atoms with Crippen molar-refractivity contribution in [3.8, 4) is 11.5 Å². The monoisotopic (exact) mass is 380 g/mol. The van der Waals surface area contributed by atoms with Crippen LogP contribution < -0.4 is 15.4 Å². The highest BCUT2D eigenvalue weighted by Gasteiger charge is 2.11. The van der Waals surface area contributed by atoms with Crippen LogP contribution in [0.5, 0.6) is 11.5 Å². The van der Waals surface area contributed by atoms with E-state index in [1.807, 2.05) is 38.1 Å². The lowest BCUT2D eigenvalue weighted by Crippen LogP contribution is -2.34. The van der Waals surface area contributed by atoms with Gasteiger partial charge in [-0.1, -0.05) is 30.3 Å². The van der Waals surface area contributed by atoms with Crippen molar-refractivity contribution in [2.45, 2.75) is 20.0 Å². The molecule has 0 spiro atoms. The average Bonchev–Trinajstić information content (AvgIpc) is 2.62. The first-order valence-electron chi connectivity index (χ1n) is 8.54. The number of carbonyl (C=O) groups is 1. The second-order valence-electron chi connectivity index (χ2n) is 6.28. The van der Waals surface area contributed by atoms with Gasteiger partial charge in [0.25, 0.3) is 5.91 Å². The Morgan fingerprint density at radius 2 is 1.74 bits per heavy atom. The van der Waals surface area contributed by atoms with E-state index in [1.165, 1.54) is 0 Å². The van der Waals surface area contributed by atoms with Crippen molar-refractivity contribution in [3.63, 3.8) is 0 Å². The SMILES string of the molecule is CC(C)Oc1cccc(C(=O)NC(=S)Nc2cccc3c(O)cccc23)c1. The Hall–Kier alpha value is -3.12. The van der Waals surface area contributed by atoms with Gasteiger partial charge < -0.3 is 15.2 Å².